The van der Waals surface area contributed by atoms with Crippen molar-refractivity contribution in [2.75, 3.05) is 0 Å². The van der Waals surface area contributed by atoms with E-state index in [1.807, 2.05) is 24.3 Å². The standard InChI is InChI=1S/C26H20BF2/c1-17-13-18(2)23(19(3)14-17)12-11-21-7-5-20(6-8-21)9-10-22-15-24(28)26(27-4)25(29)16-22/h5-8,13-16H,1-4H3. The Kier molecular flexibility index (Phi) is 6.21. The molecule has 29 heavy (non-hydrogen) atoms. The topological polar surface area (TPSA) is 0 Å². The quantitative estimate of drug-likeness (QED) is 0.408. The average molecular weight is 381 g/mol. The maximum Gasteiger partial charge on any atom is 0.156 e. The molecule has 0 amide bonds. The molecule has 0 aliphatic rings. The Bertz CT molecular complexity index is 1140. The molecule has 3 rings (SSSR count). The molecule has 0 fully saturated rings. The van der Waals surface area contributed by atoms with Crippen molar-refractivity contribution in [2.45, 2.75) is 27.6 Å². The predicted molar refractivity (Wildman–Crippen MR) is 117 cm³/mol. The highest BCUT2D eigenvalue weighted by atomic mass is 19.1. The molecule has 0 bridgehead atoms. The summed E-state index contributed by atoms with van der Waals surface area (Å²) >= 11 is 0. The molecule has 141 valence electrons. The van der Waals surface area contributed by atoms with E-state index in [9.17, 15) is 8.78 Å². The summed E-state index contributed by atoms with van der Waals surface area (Å²) in [6, 6.07) is 14.3. The lowest BCUT2D eigenvalue weighted by atomic mass is 9.72. The molecule has 3 heteroatoms. The molecule has 0 aliphatic carbocycles. The van der Waals surface area contributed by atoms with Gasteiger partial charge in [0.05, 0.1) is 0 Å². The van der Waals surface area contributed by atoms with Crippen molar-refractivity contribution >= 4 is 12.7 Å². The van der Waals surface area contributed by atoms with Gasteiger partial charge in [-0.05, 0) is 73.8 Å². The van der Waals surface area contributed by atoms with Gasteiger partial charge in [-0.15, -0.1) is 0 Å². The fourth-order valence-corrected chi connectivity index (χ4v) is 3.23. The molecule has 0 saturated heterocycles. The van der Waals surface area contributed by atoms with Crippen LogP contribution in [0.3, 0.4) is 0 Å². The van der Waals surface area contributed by atoms with E-state index >= 15 is 0 Å². The maximum absolute atomic E-state index is 13.8. The second-order valence-electron chi connectivity index (χ2n) is 6.99. The van der Waals surface area contributed by atoms with Crippen LogP contribution in [0.1, 0.15) is 38.9 Å². The van der Waals surface area contributed by atoms with Crippen molar-refractivity contribution in [1.29, 1.82) is 0 Å². The van der Waals surface area contributed by atoms with Gasteiger partial charge in [0.1, 0.15) is 11.6 Å². The zero-order valence-corrected chi connectivity index (χ0v) is 17.0. The number of benzene rings is 3. The Hall–Kier alpha value is -3.30. The van der Waals surface area contributed by atoms with Gasteiger partial charge in [0.2, 0.25) is 0 Å². The third kappa shape index (κ3) is 4.95. The minimum Gasteiger partial charge on any atom is -0.207 e. The van der Waals surface area contributed by atoms with Crippen molar-refractivity contribution in [3.8, 4) is 23.7 Å². The predicted octanol–water partition coefficient (Wildman–Crippen LogP) is 5.07. The Morgan fingerprint density at radius 3 is 1.59 bits per heavy atom. The van der Waals surface area contributed by atoms with Gasteiger partial charge in [0, 0.05) is 22.3 Å². The van der Waals surface area contributed by atoms with Crippen LogP contribution in [0.25, 0.3) is 0 Å². The minimum absolute atomic E-state index is 0.0301. The molecular formula is C26H20BF2. The average Bonchev–Trinajstić information content (AvgIpc) is 2.66. The van der Waals surface area contributed by atoms with Crippen LogP contribution in [-0.4, -0.2) is 7.28 Å². The molecule has 0 spiro atoms. The Morgan fingerprint density at radius 1 is 0.655 bits per heavy atom. The summed E-state index contributed by atoms with van der Waals surface area (Å²) in [7, 11) is 1.40. The highest BCUT2D eigenvalue weighted by Crippen LogP contribution is 2.15. The van der Waals surface area contributed by atoms with Crippen LogP contribution >= 0.6 is 0 Å². The Morgan fingerprint density at radius 2 is 1.10 bits per heavy atom. The molecule has 3 aromatic carbocycles. The fourth-order valence-electron chi connectivity index (χ4n) is 3.23. The van der Waals surface area contributed by atoms with Crippen molar-refractivity contribution in [3.05, 3.63) is 99.1 Å². The van der Waals surface area contributed by atoms with E-state index in [0.29, 0.717) is 5.56 Å². The third-order valence-electron chi connectivity index (χ3n) is 4.61. The van der Waals surface area contributed by atoms with Crippen molar-refractivity contribution in [1.82, 2.24) is 0 Å². The van der Waals surface area contributed by atoms with Gasteiger partial charge < -0.3 is 0 Å². The summed E-state index contributed by atoms with van der Waals surface area (Å²) in [6.45, 7) is 7.81. The van der Waals surface area contributed by atoms with Crippen LogP contribution in [0, 0.1) is 56.1 Å². The number of rotatable bonds is 1. The lowest BCUT2D eigenvalue weighted by molar-refractivity contribution is 0.597. The van der Waals surface area contributed by atoms with Gasteiger partial charge in [-0.3, -0.25) is 0 Å². The summed E-state index contributed by atoms with van der Waals surface area (Å²) in [4.78, 5) is 0. The Labute approximate surface area is 172 Å². The number of hydrogen-bond donors (Lipinski definition) is 0. The second kappa shape index (κ2) is 8.81. The second-order valence-corrected chi connectivity index (χ2v) is 6.99. The first-order chi connectivity index (χ1) is 13.9. The van der Waals surface area contributed by atoms with Gasteiger partial charge in [-0.2, -0.15) is 0 Å². The molecule has 1 radical (unpaired) electrons. The van der Waals surface area contributed by atoms with E-state index in [1.165, 1.54) is 36.1 Å². The van der Waals surface area contributed by atoms with Crippen LogP contribution in [0.4, 0.5) is 8.78 Å². The fraction of sp³-hybridized carbons (Fsp3) is 0.154. The van der Waals surface area contributed by atoms with Crippen molar-refractivity contribution in [2.24, 2.45) is 0 Å². The Balaban J connectivity index is 1.81. The van der Waals surface area contributed by atoms with Crippen LogP contribution in [0.15, 0.2) is 48.5 Å². The molecule has 0 saturated carbocycles. The van der Waals surface area contributed by atoms with Crippen molar-refractivity contribution in [3.63, 3.8) is 0 Å². The monoisotopic (exact) mass is 381 g/mol. The minimum atomic E-state index is -0.607. The maximum atomic E-state index is 13.8. The SMILES string of the molecule is C[B]c1c(F)cc(C#Cc2ccc(C#Cc3c(C)cc(C)cc3C)cc2)cc1F. The van der Waals surface area contributed by atoms with Crippen molar-refractivity contribution < 1.29 is 8.78 Å². The first kappa shape index (κ1) is 20.4. The van der Waals surface area contributed by atoms with Crippen LogP contribution in [-0.2, 0) is 0 Å². The summed E-state index contributed by atoms with van der Waals surface area (Å²) in [6.07, 6.45) is 0. The highest BCUT2D eigenvalue weighted by molar-refractivity contribution is 6.52. The zero-order chi connectivity index (χ0) is 21.0. The first-order valence-corrected chi connectivity index (χ1v) is 9.37. The van der Waals surface area contributed by atoms with Gasteiger partial charge in [0.25, 0.3) is 0 Å². The third-order valence-corrected chi connectivity index (χ3v) is 4.61. The summed E-state index contributed by atoms with van der Waals surface area (Å²) in [5.74, 6) is 11.0. The molecule has 0 aliphatic heterocycles. The molecular weight excluding hydrogens is 361 g/mol. The molecule has 0 aromatic heterocycles. The summed E-state index contributed by atoms with van der Waals surface area (Å²) < 4.78 is 27.7. The summed E-state index contributed by atoms with van der Waals surface area (Å²) in [5.41, 5.74) is 6.54. The lowest BCUT2D eigenvalue weighted by Gasteiger charge is -2.04. The van der Waals surface area contributed by atoms with Crippen LogP contribution < -0.4 is 5.46 Å². The number of hydrogen-bond acceptors (Lipinski definition) is 0. The van der Waals surface area contributed by atoms with Crippen LogP contribution in [0.2, 0.25) is 6.82 Å². The van der Waals surface area contributed by atoms with E-state index in [0.717, 1.165) is 16.7 Å². The molecule has 0 N–H and O–H groups in total. The molecule has 0 atom stereocenters. The van der Waals surface area contributed by atoms with E-state index in [1.54, 1.807) is 6.82 Å². The van der Waals surface area contributed by atoms with Crippen LogP contribution in [0.5, 0.6) is 0 Å². The van der Waals surface area contributed by atoms with E-state index in [2.05, 4.69) is 56.6 Å². The molecule has 3 aromatic rings. The number of aryl methyl sites for hydroxylation is 3. The van der Waals surface area contributed by atoms with E-state index in [-0.39, 0.29) is 5.46 Å². The first-order valence-electron chi connectivity index (χ1n) is 9.37. The molecule has 0 nitrogen and oxygen atoms in total. The molecule has 0 unspecified atom stereocenters. The lowest BCUT2D eigenvalue weighted by Crippen LogP contribution is -2.20. The highest BCUT2D eigenvalue weighted by Gasteiger charge is 2.08. The van der Waals surface area contributed by atoms with Gasteiger partial charge in [0.15, 0.2) is 7.28 Å². The normalized spacial score (nSPS) is 9.86. The van der Waals surface area contributed by atoms with E-state index < -0.39 is 11.6 Å². The zero-order valence-electron chi connectivity index (χ0n) is 17.0. The largest absolute Gasteiger partial charge is 0.207 e. The summed E-state index contributed by atoms with van der Waals surface area (Å²) in [5, 5.41) is 0. The number of halogens is 2. The van der Waals surface area contributed by atoms with Gasteiger partial charge in [-0.25, -0.2) is 8.78 Å². The van der Waals surface area contributed by atoms with E-state index in [4.69, 9.17) is 0 Å². The van der Waals surface area contributed by atoms with Gasteiger partial charge >= 0.3 is 0 Å². The molecule has 0 heterocycles. The van der Waals surface area contributed by atoms with Gasteiger partial charge in [-0.1, -0.05) is 48.2 Å². The smallest absolute Gasteiger partial charge is 0.156 e.